The summed E-state index contributed by atoms with van der Waals surface area (Å²) in [5.74, 6) is 0. The van der Waals surface area contributed by atoms with Crippen molar-refractivity contribution in [2.45, 2.75) is 30.0 Å². The van der Waals surface area contributed by atoms with Gasteiger partial charge in [0.2, 0.25) is 0 Å². The Bertz CT molecular complexity index is 1170. The van der Waals surface area contributed by atoms with E-state index in [1.165, 1.54) is 11.9 Å². The lowest BCUT2D eigenvalue weighted by Crippen LogP contribution is -2.45. The van der Waals surface area contributed by atoms with Crippen LogP contribution in [0.4, 0.5) is 5.69 Å². The van der Waals surface area contributed by atoms with Crippen molar-refractivity contribution in [2.75, 3.05) is 18.4 Å². The molecule has 3 aromatic rings. The number of nitrogens with zero attached hydrogens (tertiary/aromatic N) is 4. The van der Waals surface area contributed by atoms with Crippen LogP contribution >= 0.6 is 11.9 Å². The second kappa shape index (κ2) is 10.3. The Balaban J connectivity index is 1.41. The van der Waals surface area contributed by atoms with Gasteiger partial charge in [-0.3, -0.25) is 9.71 Å². The van der Waals surface area contributed by atoms with Crippen molar-refractivity contribution in [2.24, 2.45) is 16.5 Å². The van der Waals surface area contributed by atoms with Crippen LogP contribution in [0, 0.1) is 11.3 Å². The summed E-state index contributed by atoms with van der Waals surface area (Å²) in [6.45, 7) is 1.07. The number of anilines is 1. The minimum atomic E-state index is 0.310. The molecule has 7 N–H and O–H groups in total. The lowest BCUT2D eigenvalue weighted by Gasteiger charge is -2.37. The maximum Gasteiger partial charge on any atom is 0.139 e. The molecule has 32 heavy (non-hydrogen) atoms. The number of nitrogens with one attached hydrogen (secondary N) is 3. The zero-order valence-corrected chi connectivity index (χ0v) is 18.3. The highest BCUT2D eigenvalue weighted by Gasteiger charge is 2.30. The summed E-state index contributed by atoms with van der Waals surface area (Å²) in [6.07, 6.45) is 10.7. The van der Waals surface area contributed by atoms with Crippen LogP contribution in [0.25, 0.3) is 16.7 Å². The zero-order valence-electron chi connectivity index (χ0n) is 17.5. The van der Waals surface area contributed by atoms with E-state index in [0.717, 1.165) is 40.2 Å². The number of hydrogen-bond acceptors (Lipinski definition) is 9. The zero-order chi connectivity index (χ0) is 22.3. The van der Waals surface area contributed by atoms with Crippen molar-refractivity contribution < 1.29 is 0 Å². The minimum absolute atomic E-state index is 0.310. The standard InChI is InChI=1S/C22H25N9S/c23-4-8-26-5-3-19(25)18-13-29-22-17(2-7-28-22)21(18)30-15-10-16(11-15)31-32-20-9-14(12-24)1-6-27-20/h1-3,5-7,9,13,15-16,31H,4,8,10-11,23,25H2,(H2,28,29,30)/b19-3-,26-5?. The Morgan fingerprint density at radius 3 is 3.03 bits per heavy atom. The number of allylic oxidation sites excluding steroid dienone is 1. The molecule has 0 radical (unpaired) electrons. The molecule has 0 aromatic carbocycles. The summed E-state index contributed by atoms with van der Waals surface area (Å²) in [7, 11) is 0. The van der Waals surface area contributed by atoms with Crippen LogP contribution in [0.5, 0.6) is 0 Å². The summed E-state index contributed by atoms with van der Waals surface area (Å²) in [6, 6.07) is 8.28. The molecule has 164 valence electrons. The van der Waals surface area contributed by atoms with E-state index in [1.807, 2.05) is 12.3 Å². The fraction of sp³-hybridized carbons (Fsp3) is 0.273. The SMILES string of the molecule is N#Cc1ccnc(SNC2CC(Nc3c(/C(N)=C/C=NCCN)cnc4[nH]ccc34)C2)c1. The molecule has 9 nitrogen and oxygen atoms in total. The van der Waals surface area contributed by atoms with Gasteiger partial charge in [0.1, 0.15) is 10.7 Å². The second-order valence-electron chi connectivity index (χ2n) is 7.48. The summed E-state index contributed by atoms with van der Waals surface area (Å²) in [4.78, 5) is 16.1. The number of aromatic amines is 1. The Morgan fingerprint density at radius 2 is 2.22 bits per heavy atom. The largest absolute Gasteiger partial charge is 0.398 e. The molecule has 3 heterocycles. The maximum atomic E-state index is 9.02. The molecule has 0 aliphatic heterocycles. The monoisotopic (exact) mass is 447 g/mol. The quantitative estimate of drug-likeness (QED) is 0.247. The molecule has 0 bridgehead atoms. The van der Waals surface area contributed by atoms with Crippen molar-refractivity contribution in [3.8, 4) is 6.07 Å². The number of aliphatic imine (C=N–C) groups is 1. The average Bonchev–Trinajstić information content (AvgIpc) is 3.27. The predicted molar refractivity (Wildman–Crippen MR) is 129 cm³/mol. The van der Waals surface area contributed by atoms with E-state index in [9.17, 15) is 0 Å². The molecular formula is C22H25N9S. The van der Waals surface area contributed by atoms with Gasteiger partial charge in [-0.25, -0.2) is 9.97 Å². The van der Waals surface area contributed by atoms with E-state index >= 15 is 0 Å². The van der Waals surface area contributed by atoms with Crippen LogP contribution < -0.4 is 21.5 Å². The molecule has 0 atom stereocenters. The van der Waals surface area contributed by atoms with E-state index in [0.29, 0.717) is 36.4 Å². The van der Waals surface area contributed by atoms with Gasteiger partial charge in [0, 0.05) is 60.1 Å². The maximum absolute atomic E-state index is 9.02. The van der Waals surface area contributed by atoms with Gasteiger partial charge in [0.15, 0.2) is 0 Å². The van der Waals surface area contributed by atoms with E-state index in [2.05, 4.69) is 36.1 Å². The molecule has 0 amide bonds. The Hall–Kier alpha value is -3.39. The second-order valence-corrected chi connectivity index (χ2v) is 8.33. The molecule has 0 unspecified atom stereocenters. The predicted octanol–water partition coefficient (Wildman–Crippen LogP) is 2.40. The number of fused-ring (bicyclic) bond motifs is 1. The van der Waals surface area contributed by atoms with Gasteiger partial charge in [-0.2, -0.15) is 5.26 Å². The van der Waals surface area contributed by atoms with Gasteiger partial charge in [0.05, 0.1) is 23.9 Å². The van der Waals surface area contributed by atoms with Gasteiger partial charge in [0.25, 0.3) is 0 Å². The summed E-state index contributed by atoms with van der Waals surface area (Å²) >= 11 is 1.46. The lowest BCUT2D eigenvalue weighted by atomic mass is 9.87. The highest BCUT2D eigenvalue weighted by Crippen LogP contribution is 2.33. The third kappa shape index (κ3) is 5.08. The molecule has 1 saturated carbocycles. The average molecular weight is 448 g/mol. The summed E-state index contributed by atoms with van der Waals surface area (Å²) in [5, 5.41) is 14.5. The number of aromatic nitrogens is 3. The van der Waals surface area contributed by atoms with Gasteiger partial charge < -0.3 is 21.8 Å². The van der Waals surface area contributed by atoms with Crippen molar-refractivity contribution >= 4 is 40.6 Å². The van der Waals surface area contributed by atoms with Gasteiger partial charge in [-0.15, -0.1) is 0 Å². The van der Waals surface area contributed by atoms with E-state index < -0.39 is 0 Å². The molecular weight excluding hydrogens is 422 g/mol. The number of nitrogens with two attached hydrogens (primary N) is 2. The smallest absolute Gasteiger partial charge is 0.139 e. The van der Waals surface area contributed by atoms with Crippen LogP contribution in [-0.4, -0.2) is 46.3 Å². The first-order chi connectivity index (χ1) is 15.7. The molecule has 1 aliphatic carbocycles. The van der Waals surface area contributed by atoms with Crippen molar-refractivity contribution in [1.29, 1.82) is 5.26 Å². The number of H-pyrrole nitrogens is 1. The van der Waals surface area contributed by atoms with Crippen molar-refractivity contribution in [3.63, 3.8) is 0 Å². The number of rotatable bonds is 9. The topological polar surface area (TPSA) is 154 Å². The van der Waals surface area contributed by atoms with Crippen molar-refractivity contribution in [1.82, 2.24) is 19.7 Å². The fourth-order valence-electron chi connectivity index (χ4n) is 3.47. The van der Waals surface area contributed by atoms with Crippen LogP contribution in [0.2, 0.25) is 0 Å². The first-order valence-corrected chi connectivity index (χ1v) is 11.2. The third-order valence-electron chi connectivity index (χ3n) is 5.20. The number of pyridine rings is 2. The van der Waals surface area contributed by atoms with E-state index in [-0.39, 0.29) is 0 Å². The summed E-state index contributed by atoms with van der Waals surface area (Å²) in [5.41, 5.74) is 15.6. The molecule has 4 rings (SSSR count). The molecule has 10 heteroatoms. The molecule has 0 spiro atoms. The minimum Gasteiger partial charge on any atom is -0.398 e. The third-order valence-corrected chi connectivity index (χ3v) is 6.08. The number of nitriles is 1. The van der Waals surface area contributed by atoms with E-state index in [4.69, 9.17) is 16.7 Å². The van der Waals surface area contributed by atoms with Gasteiger partial charge in [-0.1, -0.05) is 0 Å². The highest BCUT2D eigenvalue weighted by molar-refractivity contribution is 7.97. The Kier molecular flexibility index (Phi) is 7.01. The van der Waals surface area contributed by atoms with Crippen LogP contribution in [0.15, 0.2) is 52.9 Å². The van der Waals surface area contributed by atoms with Crippen LogP contribution in [0.1, 0.15) is 24.0 Å². The molecule has 1 fully saturated rings. The lowest BCUT2D eigenvalue weighted by molar-refractivity contribution is 0.355. The van der Waals surface area contributed by atoms with Crippen molar-refractivity contribution in [3.05, 3.63) is 54.0 Å². The Morgan fingerprint density at radius 1 is 1.34 bits per heavy atom. The highest BCUT2D eigenvalue weighted by atomic mass is 32.2. The molecule has 3 aromatic heterocycles. The van der Waals surface area contributed by atoms with Gasteiger partial charge in [-0.05, 0) is 49.1 Å². The van der Waals surface area contributed by atoms with E-state index in [1.54, 1.807) is 36.8 Å². The van der Waals surface area contributed by atoms with Gasteiger partial charge >= 0.3 is 0 Å². The first-order valence-electron chi connectivity index (χ1n) is 10.3. The fourth-order valence-corrected chi connectivity index (χ4v) is 4.25. The van der Waals surface area contributed by atoms with Crippen LogP contribution in [-0.2, 0) is 0 Å². The molecule has 1 aliphatic rings. The summed E-state index contributed by atoms with van der Waals surface area (Å²) < 4.78 is 3.43. The van der Waals surface area contributed by atoms with Crippen LogP contribution in [0.3, 0.4) is 0 Å². The normalized spacial score (nSPS) is 18.6. The molecule has 0 saturated heterocycles. The first kappa shape index (κ1) is 21.8. The Labute approximate surface area is 190 Å². The number of hydrogen-bond donors (Lipinski definition) is 5.